The minimum atomic E-state index is -4.73. The lowest BCUT2D eigenvalue weighted by Gasteiger charge is -2.12. The fourth-order valence-electron chi connectivity index (χ4n) is 1.84. The van der Waals surface area contributed by atoms with Gasteiger partial charge in [0.25, 0.3) is 5.91 Å². The number of hydrogen-bond donors (Lipinski definition) is 2. The number of alkyl halides is 3. The van der Waals surface area contributed by atoms with Crippen LogP contribution in [0, 0.1) is 11.3 Å². The Morgan fingerprint density at radius 2 is 1.91 bits per heavy atom. The largest absolute Gasteiger partial charge is 0.507 e. The molecule has 0 unspecified atom stereocenters. The Balaban J connectivity index is 2.36. The van der Waals surface area contributed by atoms with E-state index >= 15 is 0 Å². The van der Waals surface area contributed by atoms with E-state index in [2.05, 4.69) is 5.32 Å². The zero-order valence-electron chi connectivity index (χ0n) is 11.3. The molecule has 0 fully saturated rings. The summed E-state index contributed by atoms with van der Waals surface area (Å²) in [4.78, 5) is 12.0. The number of anilines is 1. The van der Waals surface area contributed by atoms with Crippen LogP contribution < -0.4 is 5.32 Å². The van der Waals surface area contributed by atoms with Crippen molar-refractivity contribution < 1.29 is 23.1 Å². The molecule has 0 heterocycles. The number of amides is 1. The standard InChI is InChI=1S/C15H8ClF3N2O2/c16-9-2-4-13(22)11(5-9)14(23)21-10-3-1-8(7-20)12(6-10)15(17,18)19/h1-6,22H,(H,21,23). The minimum absolute atomic E-state index is 0.166. The van der Waals surface area contributed by atoms with Crippen molar-refractivity contribution in [1.82, 2.24) is 0 Å². The molecule has 0 aromatic heterocycles. The van der Waals surface area contributed by atoms with E-state index in [1.54, 1.807) is 0 Å². The van der Waals surface area contributed by atoms with Crippen LogP contribution in [-0.4, -0.2) is 11.0 Å². The summed E-state index contributed by atoms with van der Waals surface area (Å²) in [5.74, 6) is -1.19. The Hall–Kier alpha value is -2.72. The number of hydrogen-bond acceptors (Lipinski definition) is 3. The third-order valence-corrected chi connectivity index (χ3v) is 3.14. The molecule has 2 aromatic carbocycles. The lowest BCUT2D eigenvalue weighted by Crippen LogP contribution is -2.14. The number of nitrogens with one attached hydrogen (secondary N) is 1. The topological polar surface area (TPSA) is 73.1 Å². The van der Waals surface area contributed by atoms with Crippen LogP contribution in [0.3, 0.4) is 0 Å². The third-order valence-electron chi connectivity index (χ3n) is 2.91. The van der Waals surface area contributed by atoms with E-state index in [1.807, 2.05) is 0 Å². The highest BCUT2D eigenvalue weighted by Crippen LogP contribution is 2.33. The molecule has 0 aliphatic rings. The van der Waals surface area contributed by atoms with Gasteiger partial charge in [-0.2, -0.15) is 18.4 Å². The van der Waals surface area contributed by atoms with Crippen LogP contribution in [0.5, 0.6) is 5.75 Å². The molecule has 0 saturated carbocycles. The molecule has 118 valence electrons. The van der Waals surface area contributed by atoms with Gasteiger partial charge in [0.05, 0.1) is 22.8 Å². The Bertz CT molecular complexity index is 813. The lowest BCUT2D eigenvalue weighted by molar-refractivity contribution is -0.137. The molecule has 4 nitrogen and oxygen atoms in total. The van der Waals surface area contributed by atoms with E-state index < -0.39 is 23.2 Å². The van der Waals surface area contributed by atoms with Crippen LogP contribution >= 0.6 is 11.6 Å². The molecule has 0 aliphatic heterocycles. The fourth-order valence-corrected chi connectivity index (χ4v) is 2.01. The van der Waals surface area contributed by atoms with Crippen molar-refractivity contribution in [3.8, 4) is 11.8 Å². The number of rotatable bonds is 2. The number of nitriles is 1. The lowest BCUT2D eigenvalue weighted by atomic mass is 10.1. The molecular weight excluding hydrogens is 333 g/mol. The molecule has 0 radical (unpaired) electrons. The van der Waals surface area contributed by atoms with E-state index in [0.717, 1.165) is 12.1 Å². The highest BCUT2D eigenvalue weighted by atomic mass is 35.5. The van der Waals surface area contributed by atoms with Gasteiger partial charge in [-0.1, -0.05) is 11.6 Å². The predicted molar refractivity (Wildman–Crippen MR) is 77.2 cm³/mol. The van der Waals surface area contributed by atoms with Gasteiger partial charge >= 0.3 is 6.18 Å². The minimum Gasteiger partial charge on any atom is -0.507 e. The molecule has 2 aromatic rings. The van der Waals surface area contributed by atoms with Gasteiger partial charge in [-0.05, 0) is 36.4 Å². The highest BCUT2D eigenvalue weighted by molar-refractivity contribution is 6.31. The molecule has 2 rings (SSSR count). The van der Waals surface area contributed by atoms with Crippen molar-refractivity contribution in [1.29, 1.82) is 5.26 Å². The van der Waals surface area contributed by atoms with E-state index in [9.17, 15) is 23.1 Å². The molecule has 1 amide bonds. The summed E-state index contributed by atoms with van der Waals surface area (Å²) in [6, 6.07) is 7.94. The highest BCUT2D eigenvalue weighted by Gasteiger charge is 2.34. The van der Waals surface area contributed by atoms with Crippen molar-refractivity contribution in [3.63, 3.8) is 0 Å². The fraction of sp³-hybridized carbons (Fsp3) is 0.0667. The van der Waals surface area contributed by atoms with Gasteiger partial charge in [-0.15, -0.1) is 0 Å². The normalized spacial score (nSPS) is 10.9. The molecular formula is C15H8ClF3N2O2. The zero-order chi connectivity index (χ0) is 17.2. The maximum atomic E-state index is 12.9. The second-order valence-corrected chi connectivity index (χ2v) is 4.92. The summed E-state index contributed by atoms with van der Waals surface area (Å²) in [5, 5.41) is 20.7. The van der Waals surface area contributed by atoms with Crippen molar-refractivity contribution >= 4 is 23.2 Å². The van der Waals surface area contributed by atoms with Crippen LogP contribution in [0.1, 0.15) is 21.5 Å². The molecule has 0 aliphatic carbocycles. The molecule has 23 heavy (non-hydrogen) atoms. The second kappa shape index (κ2) is 6.18. The molecule has 0 spiro atoms. The molecule has 8 heteroatoms. The average Bonchev–Trinajstić information content (AvgIpc) is 2.48. The first-order valence-corrected chi connectivity index (χ1v) is 6.51. The number of phenolic OH excluding ortho intramolecular Hbond substituents is 1. The summed E-state index contributed by atoms with van der Waals surface area (Å²) in [6.45, 7) is 0. The second-order valence-electron chi connectivity index (χ2n) is 4.49. The summed E-state index contributed by atoms with van der Waals surface area (Å²) < 4.78 is 38.6. The zero-order valence-corrected chi connectivity index (χ0v) is 12.0. The van der Waals surface area contributed by atoms with E-state index in [4.69, 9.17) is 16.9 Å². The van der Waals surface area contributed by atoms with Gasteiger partial charge in [0.2, 0.25) is 0 Å². The first-order valence-electron chi connectivity index (χ1n) is 6.13. The monoisotopic (exact) mass is 340 g/mol. The summed E-state index contributed by atoms with van der Waals surface area (Å²) >= 11 is 5.71. The van der Waals surface area contributed by atoms with Gasteiger partial charge in [0.1, 0.15) is 5.75 Å². The number of aromatic hydroxyl groups is 1. The average molecular weight is 341 g/mol. The van der Waals surface area contributed by atoms with Gasteiger partial charge in [-0.3, -0.25) is 4.79 Å². The van der Waals surface area contributed by atoms with Gasteiger partial charge in [0.15, 0.2) is 0 Å². The number of nitrogens with zero attached hydrogens (tertiary/aromatic N) is 1. The number of halogens is 4. The maximum Gasteiger partial charge on any atom is 0.417 e. The van der Waals surface area contributed by atoms with Crippen molar-refractivity contribution in [2.45, 2.75) is 6.18 Å². The molecule has 0 bridgehead atoms. The van der Waals surface area contributed by atoms with E-state index in [1.165, 1.54) is 24.3 Å². The first-order chi connectivity index (χ1) is 10.7. The van der Waals surface area contributed by atoms with Crippen LogP contribution in [0.4, 0.5) is 18.9 Å². The number of phenols is 1. The van der Waals surface area contributed by atoms with Gasteiger partial charge in [-0.25, -0.2) is 0 Å². The predicted octanol–water partition coefficient (Wildman–Crippen LogP) is 4.19. The van der Waals surface area contributed by atoms with Crippen molar-refractivity contribution in [2.75, 3.05) is 5.32 Å². The number of benzene rings is 2. The Labute approximate surface area is 133 Å². The van der Waals surface area contributed by atoms with Crippen LogP contribution in [0.15, 0.2) is 36.4 Å². The summed E-state index contributed by atoms with van der Waals surface area (Å²) in [6.07, 6.45) is -4.73. The van der Waals surface area contributed by atoms with E-state index in [-0.39, 0.29) is 22.0 Å². The number of carbonyl (C=O) groups excluding carboxylic acids is 1. The SMILES string of the molecule is N#Cc1ccc(NC(=O)c2cc(Cl)ccc2O)cc1C(F)(F)F. The Morgan fingerprint density at radius 1 is 1.22 bits per heavy atom. The van der Waals surface area contributed by atoms with Crippen LogP contribution in [0.2, 0.25) is 5.02 Å². The maximum absolute atomic E-state index is 12.9. The van der Waals surface area contributed by atoms with Gasteiger partial charge in [0, 0.05) is 10.7 Å². The molecule has 0 atom stereocenters. The van der Waals surface area contributed by atoms with Crippen molar-refractivity contribution in [2.24, 2.45) is 0 Å². The Morgan fingerprint density at radius 3 is 2.52 bits per heavy atom. The van der Waals surface area contributed by atoms with Crippen LogP contribution in [0.25, 0.3) is 0 Å². The number of carbonyl (C=O) groups is 1. The summed E-state index contributed by atoms with van der Waals surface area (Å²) in [7, 11) is 0. The Kier molecular flexibility index (Phi) is 4.48. The third kappa shape index (κ3) is 3.73. The summed E-state index contributed by atoms with van der Waals surface area (Å²) in [5.41, 5.74) is -2.06. The smallest absolute Gasteiger partial charge is 0.417 e. The first kappa shape index (κ1) is 16.6. The quantitative estimate of drug-likeness (QED) is 0.861. The van der Waals surface area contributed by atoms with Crippen LogP contribution in [-0.2, 0) is 6.18 Å². The molecule has 0 saturated heterocycles. The molecule has 2 N–H and O–H groups in total. The van der Waals surface area contributed by atoms with Crippen molar-refractivity contribution in [3.05, 3.63) is 58.1 Å². The van der Waals surface area contributed by atoms with Gasteiger partial charge < -0.3 is 10.4 Å². The van der Waals surface area contributed by atoms with E-state index in [0.29, 0.717) is 6.07 Å².